The van der Waals surface area contributed by atoms with E-state index < -0.39 is 17.7 Å². The van der Waals surface area contributed by atoms with E-state index in [2.05, 4.69) is 10.6 Å². The van der Waals surface area contributed by atoms with Crippen LogP contribution in [0.1, 0.15) is 26.7 Å². The van der Waals surface area contributed by atoms with E-state index in [-0.39, 0.29) is 24.3 Å². The minimum atomic E-state index is -0.900. The molecular weight excluding hydrogens is 222 g/mol. The van der Waals surface area contributed by atoms with Crippen molar-refractivity contribution < 1.29 is 14.4 Å². The third kappa shape index (κ3) is 3.81. The lowest BCUT2D eigenvalue weighted by Crippen LogP contribution is -2.45. The van der Waals surface area contributed by atoms with E-state index >= 15 is 0 Å². The van der Waals surface area contributed by atoms with Crippen molar-refractivity contribution in [2.24, 2.45) is 11.7 Å². The van der Waals surface area contributed by atoms with Crippen LogP contribution in [0.3, 0.4) is 0 Å². The topological polar surface area (TPSA) is 101 Å². The fourth-order valence-corrected chi connectivity index (χ4v) is 1.79. The highest BCUT2D eigenvalue weighted by Crippen LogP contribution is 2.15. The Bertz CT molecular complexity index is 328. The number of rotatable bonds is 5. The van der Waals surface area contributed by atoms with Gasteiger partial charge in [0.15, 0.2) is 0 Å². The van der Waals surface area contributed by atoms with Gasteiger partial charge in [0.2, 0.25) is 11.7 Å². The summed E-state index contributed by atoms with van der Waals surface area (Å²) in [6.07, 6.45) is 0.905. The Hall–Kier alpha value is -1.43. The zero-order valence-corrected chi connectivity index (χ0v) is 10.2. The van der Waals surface area contributed by atoms with Crippen LogP contribution in [0.2, 0.25) is 0 Å². The number of nitrogens with one attached hydrogen (secondary N) is 2. The first-order valence-electron chi connectivity index (χ1n) is 5.79. The number of hydrogen-bond donors (Lipinski definition) is 3. The fourth-order valence-electron chi connectivity index (χ4n) is 1.79. The van der Waals surface area contributed by atoms with E-state index in [1.807, 2.05) is 0 Å². The second kappa shape index (κ2) is 5.77. The molecular formula is C11H19N3O3. The van der Waals surface area contributed by atoms with Crippen LogP contribution in [0.25, 0.3) is 0 Å². The van der Waals surface area contributed by atoms with Crippen molar-refractivity contribution in [2.45, 2.75) is 38.8 Å². The maximum absolute atomic E-state index is 11.6. The second-order valence-corrected chi connectivity index (χ2v) is 4.61. The van der Waals surface area contributed by atoms with Gasteiger partial charge in [-0.05, 0) is 26.7 Å². The van der Waals surface area contributed by atoms with Crippen molar-refractivity contribution in [3.8, 4) is 0 Å². The van der Waals surface area contributed by atoms with Crippen LogP contribution in [0.5, 0.6) is 0 Å². The number of Topliss-reactive ketones (excluding diaryl/α,β-unsaturated/α-hetero) is 1. The maximum atomic E-state index is 11.6. The predicted octanol–water partition coefficient (Wildman–Crippen LogP) is -1.07. The van der Waals surface area contributed by atoms with Crippen LogP contribution in [-0.2, 0) is 14.4 Å². The van der Waals surface area contributed by atoms with Crippen LogP contribution in [-0.4, -0.2) is 36.2 Å². The molecule has 2 amide bonds. The average molecular weight is 241 g/mol. The van der Waals surface area contributed by atoms with Crippen molar-refractivity contribution in [2.75, 3.05) is 6.54 Å². The Morgan fingerprint density at radius 2 is 2.18 bits per heavy atom. The largest absolute Gasteiger partial charge is 0.356 e. The van der Waals surface area contributed by atoms with Gasteiger partial charge in [-0.1, -0.05) is 0 Å². The zero-order valence-electron chi connectivity index (χ0n) is 10.2. The zero-order chi connectivity index (χ0) is 13.0. The molecule has 2 atom stereocenters. The smallest absolute Gasteiger partial charge is 0.289 e. The van der Waals surface area contributed by atoms with E-state index in [1.54, 1.807) is 13.8 Å². The SMILES string of the molecule is CC(C)NC(=O)C(=O)[C@@H](N)C[C@@H]1CCNC1=O. The van der Waals surface area contributed by atoms with Gasteiger partial charge in [-0.3, -0.25) is 14.4 Å². The Kier molecular flexibility index (Phi) is 4.62. The maximum Gasteiger partial charge on any atom is 0.289 e. The summed E-state index contributed by atoms with van der Waals surface area (Å²) in [6.45, 7) is 4.14. The number of hydrogen-bond acceptors (Lipinski definition) is 4. The van der Waals surface area contributed by atoms with Crippen molar-refractivity contribution in [1.82, 2.24) is 10.6 Å². The fraction of sp³-hybridized carbons (Fsp3) is 0.727. The van der Waals surface area contributed by atoms with Gasteiger partial charge in [0.1, 0.15) is 0 Å². The Morgan fingerprint density at radius 3 is 2.65 bits per heavy atom. The molecule has 1 heterocycles. The van der Waals surface area contributed by atoms with Crippen LogP contribution < -0.4 is 16.4 Å². The van der Waals surface area contributed by atoms with Gasteiger partial charge in [0.05, 0.1) is 6.04 Å². The van der Waals surface area contributed by atoms with Gasteiger partial charge in [-0.2, -0.15) is 0 Å². The molecule has 0 aromatic rings. The van der Waals surface area contributed by atoms with Crippen LogP contribution in [0.4, 0.5) is 0 Å². The summed E-state index contributed by atoms with van der Waals surface area (Å²) >= 11 is 0. The van der Waals surface area contributed by atoms with E-state index in [9.17, 15) is 14.4 Å². The molecule has 6 heteroatoms. The summed E-state index contributed by atoms with van der Waals surface area (Å²) < 4.78 is 0. The lowest BCUT2D eigenvalue weighted by Gasteiger charge is -2.14. The highest BCUT2D eigenvalue weighted by atomic mass is 16.2. The summed E-state index contributed by atoms with van der Waals surface area (Å²) in [5, 5.41) is 5.16. The molecule has 1 rings (SSSR count). The first kappa shape index (κ1) is 13.6. The highest BCUT2D eigenvalue weighted by molar-refractivity contribution is 6.38. The van der Waals surface area contributed by atoms with E-state index in [1.165, 1.54) is 0 Å². The summed E-state index contributed by atoms with van der Waals surface area (Å²) in [5.74, 6) is -1.66. The van der Waals surface area contributed by atoms with Gasteiger partial charge in [0.25, 0.3) is 5.91 Å². The molecule has 1 aliphatic heterocycles. The predicted molar refractivity (Wildman–Crippen MR) is 62.0 cm³/mol. The molecule has 0 aliphatic carbocycles. The van der Waals surface area contributed by atoms with Gasteiger partial charge >= 0.3 is 0 Å². The number of carbonyl (C=O) groups excluding carboxylic acids is 3. The first-order chi connectivity index (χ1) is 7.91. The number of nitrogens with two attached hydrogens (primary N) is 1. The van der Waals surface area contributed by atoms with E-state index in [0.29, 0.717) is 13.0 Å². The Morgan fingerprint density at radius 1 is 1.53 bits per heavy atom. The molecule has 1 fully saturated rings. The molecule has 96 valence electrons. The van der Waals surface area contributed by atoms with E-state index in [4.69, 9.17) is 5.73 Å². The van der Waals surface area contributed by atoms with Gasteiger partial charge in [-0.25, -0.2) is 0 Å². The summed E-state index contributed by atoms with van der Waals surface area (Å²) in [7, 11) is 0. The quantitative estimate of drug-likeness (QED) is 0.534. The van der Waals surface area contributed by atoms with E-state index in [0.717, 1.165) is 0 Å². The van der Waals surface area contributed by atoms with Crippen molar-refractivity contribution in [3.05, 3.63) is 0 Å². The molecule has 0 unspecified atom stereocenters. The summed E-state index contributed by atoms with van der Waals surface area (Å²) in [4.78, 5) is 34.3. The Balaban J connectivity index is 2.46. The molecule has 17 heavy (non-hydrogen) atoms. The van der Waals surface area contributed by atoms with Crippen molar-refractivity contribution >= 4 is 17.6 Å². The molecule has 1 aliphatic rings. The summed E-state index contributed by atoms with van der Waals surface area (Å²) in [6, 6.07) is -1.00. The van der Waals surface area contributed by atoms with Gasteiger partial charge in [-0.15, -0.1) is 0 Å². The monoisotopic (exact) mass is 241 g/mol. The molecule has 0 spiro atoms. The van der Waals surface area contributed by atoms with Crippen molar-refractivity contribution in [1.29, 1.82) is 0 Å². The molecule has 0 aromatic carbocycles. The molecule has 0 aromatic heterocycles. The molecule has 0 radical (unpaired) electrons. The first-order valence-corrected chi connectivity index (χ1v) is 5.79. The minimum Gasteiger partial charge on any atom is -0.356 e. The highest BCUT2D eigenvalue weighted by Gasteiger charge is 2.30. The standard InChI is InChI=1S/C11H19N3O3/c1-6(2)14-11(17)9(15)8(12)5-7-3-4-13-10(7)16/h6-8H,3-5,12H2,1-2H3,(H,13,16)(H,14,17)/t7-,8-/m0/s1. The minimum absolute atomic E-state index is 0.0856. The number of amides is 2. The summed E-state index contributed by atoms with van der Waals surface area (Å²) in [5.41, 5.74) is 5.65. The lowest BCUT2D eigenvalue weighted by atomic mass is 9.96. The molecule has 6 nitrogen and oxygen atoms in total. The number of carbonyl (C=O) groups is 3. The van der Waals surface area contributed by atoms with Crippen LogP contribution >= 0.6 is 0 Å². The molecule has 0 bridgehead atoms. The third-order valence-electron chi connectivity index (χ3n) is 2.68. The molecule has 0 saturated carbocycles. The lowest BCUT2D eigenvalue weighted by molar-refractivity contribution is -0.139. The van der Waals surface area contributed by atoms with Crippen molar-refractivity contribution in [3.63, 3.8) is 0 Å². The normalized spacial score (nSPS) is 21.2. The second-order valence-electron chi connectivity index (χ2n) is 4.61. The molecule has 4 N–H and O–H groups in total. The number of ketones is 1. The van der Waals surface area contributed by atoms with Crippen LogP contribution in [0.15, 0.2) is 0 Å². The Labute approximate surface area is 100 Å². The van der Waals surface area contributed by atoms with Gasteiger partial charge < -0.3 is 16.4 Å². The van der Waals surface area contributed by atoms with Gasteiger partial charge in [0, 0.05) is 18.5 Å². The third-order valence-corrected chi connectivity index (χ3v) is 2.68. The van der Waals surface area contributed by atoms with Crippen LogP contribution in [0, 0.1) is 5.92 Å². The molecule has 1 saturated heterocycles. The average Bonchev–Trinajstić information content (AvgIpc) is 2.62.